The molecule has 1 atom stereocenters. The first kappa shape index (κ1) is 18.0. The van der Waals surface area contributed by atoms with E-state index in [1.165, 1.54) is 0 Å². The number of ether oxygens (including phenoxy) is 1. The Kier molecular flexibility index (Phi) is 4.64. The van der Waals surface area contributed by atoms with E-state index in [9.17, 15) is 9.59 Å². The number of Topliss-reactive ketones (excluding diaryl/α,β-unsaturated/α-hetero) is 1. The standard InChI is InChI=1S/C22H23NO3S/c1-12-19(14(3)24)21(17-11-27-18-10-5-4-9-16(17)18)20(13(2)23-12)22(25)26-15-7-6-8-15/h4-5,9-11,15,21,23H,6-8H2,1-3H3. The summed E-state index contributed by atoms with van der Waals surface area (Å²) < 4.78 is 6.88. The van der Waals surface area contributed by atoms with Gasteiger partial charge < -0.3 is 10.1 Å². The molecule has 1 aliphatic heterocycles. The highest BCUT2D eigenvalue weighted by Gasteiger charge is 2.38. The lowest BCUT2D eigenvalue weighted by atomic mass is 9.79. The van der Waals surface area contributed by atoms with E-state index in [0.717, 1.165) is 46.3 Å². The predicted octanol–water partition coefficient (Wildman–Crippen LogP) is 4.82. The molecule has 1 saturated carbocycles. The maximum Gasteiger partial charge on any atom is 0.337 e. The fourth-order valence-corrected chi connectivity index (χ4v) is 4.95. The SMILES string of the molecule is CC(=O)C1=C(C)NC(C)=C(C(=O)OC2CCC2)C1c1csc2ccccc12. The van der Waals surface area contributed by atoms with Crippen LogP contribution in [-0.2, 0) is 14.3 Å². The lowest BCUT2D eigenvalue weighted by molar-refractivity contribution is -0.148. The third kappa shape index (κ3) is 3.10. The van der Waals surface area contributed by atoms with Crippen molar-refractivity contribution in [2.45, 2.75) is 52.1 Å². The smallest absolute Gasteiger partial charge is 0.337 e. The second-order valence-electron chi connectivity index (χ2n) is 7.34. The zero-order chi connectivity index (χ0) is 19.1. The van der Waals surface area contributed by atoms with Crippen LogP contribution in [0.3, 0.4) is 0 Å². The summed E-state index contributed by atoms with van der Waals surface area (Å²) in [5.74, 6) is -0.731. The molecule has 0 amide bonds. The average molecular weight is 381 g/mol. The van der Waals surface area contributed by atoms with Crippen molar-refractivity contribution in [3.05, 3.63) is 57.7 Å². The number of ketones is 1. The number of dihydropyridines is 1. The fourth-order valence-electron chi connectivity index (χ4n) is 3.97. The first-order valence-corrected chi connectivity index (χ1v) is 10.2. The molecule has 5 heteroatoms. The molecule has 0 spiro atoms. The number of thiophene rings is 1. The number of carbonyl (C=O) groups excluding carboxylic acids is 2. The molecule has 1 aromatic heterocycles. The van der Waals surface area contributed by atoms with Crippen LogP contribution < -0.4 is 5.32 Å². The third-order valence-electron chi connectivity index (χ3n) is 5.51. The molecule has 27 heavy (non-hydrogen) atoms. The Morgan fingerprint density at radius 1 is 1.11 bits per heavy atom. The van der Waals surface area contributed by atoms with Gasteiger partial charge in [0.15, 0.2) is 5.78 Å². The predicted molar refractivity (Wildman–Crippen MR) is 108 cm³/mol. The summed E-state index contributed by atoms with van der Waals surface area (Å²) in [6.07, 6.45) is 2.95. The average Bonchev–Trinajstić information content (AvgIpc) is 3.00. The molecule has 2 heterocycles. The molecule has 1 aliphatic carbocycles. The summed E-state index contributed by atoms with van der Waals surface area (Å²) in [7, 11) is 0. The van der Waals surface area contributed by atoms with Crippen LogP contribution in [0, 0.1) is 0 Å². The van der Waals surface area contributed by atoms with Crippen molar-refractivity contribution in [2.75, 3.05) is 0 Å². The highest BCUT2D eigenvalue weighted by molar-refractivity contribution is 7.17. The first-order valence-electron chi connectivity index (χ1n) is 9.34. The minimum atomic E-state index is -0.396. The zero-order valence-electron chi connectivity index (χ0n) is 15.8. The minimum Gasteiger partial charge on any atom is -0.459 e. The number of esters is 1. The maximum absolute atomic E-state index is 13.1. The van der Waals surface area contributed by atoms with Crippen molar-refractivity contribution >= 4 is 33.2 Å². The Hall–Kier alpha value is -2.40. The highest BCUT2D eigenvalue weighted by atomic mass is 32.1. The van der Waals surface area contributed by atoms with E-state index in [2.05, 4.69) is 22.8 Å². The van der Waals surface area contributed by atoms with E-state index in [1.807, 2.05) is 26.0 Å². The highest BCUT2D eigenvalue weighted by Crippen LogP contribution is 2.44. The Morgan fingerprint density at radius 2 is 1.81 bits per heavy atom. The molecule has 0 bridgehead atoms. The van der Waals surface area contributed by atoms with Crippen molar-refractivity contribution < 1.29 is 14.3 Å². The van der Waals surface area contributed by atoms with Crippen molar-refractivity contribution in [3.8, 4) is 0 Å². The van der Waals surface area contributed by atoms with Gasteiger partial charge in [-0.15, -0.1) is 11.3 Å². The van der Waals surface area contributed by atoms with Crippen molar-refractivity contribution in [3.63, 3.8) is 0 Å². The molecule has 4 nitrogen and oxygen atoms in total. The number of hydrogen-bond acceptors (Lipinski definition) is 5. The van der Waals surface area contributed by atoms with Crippen molar-refractivity contribution in [1.82, 2.24) is 5.32 Å². The summed E-state index contributed by atoms with van der Waals surface area (Å²) >= 11 is 1.64. The number of hydrogen-bond donors (Lipinski definition) is 1. The van der Waals surface area contributed by atoms with Crippen LogP contribution in [-0.4, -0.2) is 17.9 Å². The number of fused-ring (bicyclic) bond motifs is 1. The zero-order valence-corrected chi connectivity index (χ0v) is 16.6. The van der Waals surface area contributed by atoms with Gasteiger partial charge in [0.25, 0.3) is 0 Å². The van der Waals surface area contributed by atoms with Crippen LogP contribution in [0.1, 0.15) is 51.5 Å². The van der Waals surface area contributed by atoms with Crippen LogP contribution in [0.25, 0.3) is 10.1 Å². The molecule has 2 aliphatic rings. The molecule has 2 aromatic rings. The number of allylic oxidation sites excluding steroid dienone is 3. The van der Waals surface area contributed by atoms with Gasteiger partial charge in [-0.05, 0) is 62.4 Å². The molecule has 1 N–H and O–H groups in total. The van der Waals surface area contributed by atoms with Gasteiger partial charge >= 0.3 is 5.97 Å². The summed E-state index contributed by atoms with van der Waals surface area (Å²) in [5, 5.41) is 6.39. The van der Waals surface area contributed by atoms with Gasteiger partial charge in [0.05, 0.1) is 5.57 Å². The second kappa shape index (κ2) is 6.97. The first-order chi connectivity index (χ1) is 13.0. The van der Waals surface area contributed by atoms with Crippen LogP contribution in [0.15, 0.2) is 52.2 Å². The maximum atomic E-state index is 13.1. The molecule has 1 unspecified atom stereocenters. The topological polar surface area (TPSA) is 55.4 Å². The molecule has 1 fully saturated rings. The largest absolute Gasteiger partial charge is 0.459 e. The Balaban J connectivity index is 1.86. The van der Waals surface area contributed by atoms with E-state index in [-0.39, 0.29) is 17.9 Å². The van der Waals surface area contributed by atoms with Crippen molar-refractivity contribution in [2.24, 2.45) is 0 Å². The summed E-state index contributed by atoms with van der Waals surface area (Å²) in [6.45, 7) is 5.35. The van der Waals surface area contributed by atoms with Gasteiger partial charge in [-0.2, -0.15) is 0 Å². The summed E-state index contributed by atoms with van der Waals surface area (Å²) in [5.41, 5.74) is 3.77. The molecular weight excluding hydrogens is 358 g/mol. The van der Waals surface area contributed by atoms with E-state index in [4.69, 9.17) is 4.74 Å². The number of carbonyl (C=O) groups is 2. The van der Waals surface area contributed by atoms with Gasteiger partial charge in [-0.25, -0.2) is 4.79 Å². The molecule has 1 aromatic carbocycles. The minimum absolute atomic E-state index is 0.00505. The quantitative estimate of drug-likeness (QED) is 0.772. The van der Waals surface area contributed by atoms with Crippen LogP contribution in [0.5, 0.6) is 0 Å². The van der Waals surface area contributed by atoms with Crippen LogP contribution in [0.4, 0.5) is 0 Å². The fraction of sp³-hybridized carbons (Fsp3) is 0.364. The van der Waals surface area contributed by atoms with Gasteiger partial charge in [0, 0.05) is 27.6 Å². The molecular formula is C22H23NO3S. The Bertz CT molecular complexity index is 994. The normalized spacial score (nSPS) is 20.5. The van der Waals surface area contributed by atoms with E-state index in [1.54, 1.807) is 18.3 Å². The van der Waals surface area contributed by atoms with Crippen LogP contribution >= 0.6 is 11.3 Å². The van der Waals surface area contributed by atoms with Gasteiger partial charge in [0.2, 0.25) is 0 Å². The van der Waals surface area contributed by atoms with E-state index < -0.39 is 5.92 Å². The van der Waals surface area contributed by atoms with Gasteiger partial charge in [0.1, 0.15) is 6.10 Å². The summed E-state index contributed by atoms with van der Waals surface area (Å²) in [6, 6.07) is 8.12. The summed E-state index contributed by atoms with van der Waals surface area (Å²) in [4.78, 5) is 25.6. The van der Waals surface area contributed by atoms with E-state index >= 15 is 0 Å². The Labute approximate surface area is 162 Å². The van der Waals surface area contributed by atoms with E-state index in [0.29, 0.717) is 11.1 Å². The molecule has 0 radical (unpaired) electrons. The second-order valence-corrected chi connectivity index (χ2v) is 8.25. The van der Waals surface area contributed by atoms with Crippen molar-refractivity contribution in [1.29, 1.82) is 0 Å². The lowest BCUT2D eigenvalue weighted by Gasteiger charge is -2.32. The lowest BCUT2D eigenvalue weighted by Crippen LogP contribution is -2.34. The number of benzene rings is 1. The molecule has 0 saturated heterocycles. The van der Waals surface area contributed by atoms with Crippen LogP contribution in [0.2, 0.25) is 0 Å². The molecule has 4 rings (SSSR count). The third-order valence-corrected chi connectivity index (χ3v) is 6.49. The van der Waals surface area contributed by atoms with Gasteiger partial charge in [-0.3, -0.25) is 4.79 Å². The van der Waals surface area contributed by atoms with Gasteiger partial charge in [-0.1, -0.05) is 18.2 Å². The Morgan fingerprint density at radius 3 is 2.48 bits per heavy atom. The monoisotopic (exact) mass is 381 g/mol. The molecule has 140 valence electrons. The number of rotatable bonds is 4. The number of nitrogens with one attached hydrogen (secondary N) is 1.